The van der Waals surface area contributed by atoms with E-state index in [4.69, 9.17) is 19.0 Å². The normalized spacial score (nSPS) is 13.1. The zero-order valence-corrected chi connectivity index (χ0v) is 13.3. The highest BCUT2D eigenvalue weighted by Crippen LogP contribution is 2.21. The van der Waals surface area contributed by atoms with E-state index >= 15 is 0 Å². The lowest BCUT2D eigenvalue weighted by Gasteiger charge is -2.24. The molecule has 0 heterocycles. The number of nitrogens with two attached hydrogens (primary N) is 1. The van der Waals surface area contributed by atoms with Crippen LogP contribution in [0.2, 0.25) is 6.04 Å². The lowest BCUT2D eigenvalue weighted by Crippen LogP contribution is -2.42. The first-order valence-electron chi connectivity index (χ1n) is 6.71. The van der Waals surface area contributed by atoms with E-state index in [1.165, 1.54) is 12.0 Å². The second kappa shape index (κ2) is 10.7. The van der Waals surface area contributed by atoms with Gasteiger partial charge in [0.1, 0.15) is 0 Å². The van der Waals surface area contributed by atoms with E-state index in [0.29, 0.717) is 0 Å². The molecule has 0 aromatic heterocycles. The van der Waals surface area contributed by atoms with Crippen LogP contribution in [0.5, 0.6) is 0 Å². The maximum Gasteiger partial charge on any atom is 0.500 e. The molecule has 0 unspecified atom stereocenters. The summed E-state index contributed by atoms with van der Waals surface area (Å²) in [6.07, 6.45) is 7.70. The smallest absolute Gasteiger partial charge is 0.377 e. The minimum absolute atomic E-state index is 0.722. The molecule has 0 radical (unpaired) electrons. The minimum Gasteiger partial charge on any atom is -0.377 e. The highest BCUT2D eigenvalue weighted by Gasteiger charge is 2.36. The van der Waals surface area contributed by atoms with E-state index in [1.807, 2.05) is 0 Å². The Morgan fingerprint density at radius 3 is 2.17 bits per heavy atom. The number of allylic oxidation sites excluding steroid dienone is 1. The van der Waals surface area contributed by atoms with Gasteiger partial charge in [-0.3, -0.25) is 0 Å². The summed E-state index contributed by atoms with van der Waals surface area (Å²) in [5, 5.41) is 0. The summed E-state index contributed by atoms with van der Waals surface area (Å²) >= 11 is 0. The molecule has 5 heteroatoms. The standard InChI is InChI=1S/C13H29NO3Si/c1-5-8-13(9-6-11-14)10-7-12-18(15-2,16-3)17-4/h9H,5-8,10-12,14H2,1-4H3. The molecule has 0 aromatic rings. The van der Waals surface area contributed by atoms with Gasteiger partial charge in [-0.25, -0.2) is 0 Å². The molecule has 18 heavy (non-hydrogen) atoms. The van der Waals surface area contributed by atoms with Crippen LogP contribution in [0.25, 0.3) is 0 Å². The van der Waals surface area contributed by atoms with Gasteiger partial charge in [-0.15, -0.1) is 0 Å². The lowest BCUT2D eigenvalue weighted by atomic mass is 10.0. The second-order valence-corrected chi connectivity index (χ2v) is 7.43. The average Bonchev–Trinajstić information content (AvgIpc) is 2.41. The van der Waals surface area contributed by atoms with E-state index in [9.17, 15) is 0 Å². The van der Waals surface area contributed by atoms with Gasteiger partial charge in [-0.05, 0) is 32.2 Å². The molecule has 0 saturated heterocycles. The Morgan fingerprint density at radius 2 is 1.72 bits per heavy atom. The highest BCUT2D eigenvalue weighted by molar-refractivity contribution is 6.60. The first kappa shape index (κ1) is 17.8. The van der Waals surface area contributed by atoms with Crippen molar-refractivity contribution in [1.82, 2.24) is 0 Å². The number of hydrogen-bond acceptors (Lipinski definition) is 4. The van der Waals surface area contributed by atoms with Crippen LogP contribution < -0.4 is 5.73 Å². The van der Waals surface area contributed by atoms with Gasteiger partial charge in [-0.2, -0.15) is 0 Å². The Hall–Kier alpha value is -0.203. The summed E-state index contributed by atoms with van der Waals surface area (Å²) in [6.45, 7) is 2.93. The van der Waals surface area contributed by atoms with Crippen LogP contribution in [-0.2, 0) is 13.3 Å². The first-order chi connectivity index (χ1) is 8.67. The van der Waals surface area contributed by atoms with Gasteiger partial charge in [-0.1, -0.05) is 25.0 Å². The second-order valence-electron chi connectivity index (χ2n) is 4.34. The van der Waals surface area contributed by atoms with E-state index in [-0.39, 0.29) is 0 Å². The molecule has 0 amide bonds. The van der Waals surface area contributed by atoms with Crippen molar-refractivity contribution in [2.75, 3.05) is 27.9 Å². The van der Waals surface area contributed by atoms with Crippen molar-refractivity contribution in [3.8, 4) is 0 Å². The Bertz CT molecular complexity index is 222. The third-order valence-corrected chi connectivity index (χ3v) is 5.92. The molecule has 0 saturated carbocycles. The predicted octanol–water partition coefficient (Wildman–Crippen LogP) is 2.72. The van der Waals surface area contributed by atoms with Gasteiger partial charge in [0.15, 0.2) is 0 Å². The third-order valence-electron chi connectivity index (χ3n) is 3.08. The van der Waals surface area contributed by atoms with E-state index in [2.05, 4.69) is 13.0 Å². The van der Waals surface area contributed by atoms with Crippen LogP contribution in [0.3, 0.4) is 0 Å². The quantitative estimate of drug-likeness (QED) is 0.465. The van der Waals surface area contributed by atoms with Crippen LogP contribution in [0.4, 0.5) is 0 Å². The summed E-state index contributed by atoms with van der Waals surface area (Å²) in [5.41, 5.74) is 7.03. The molecule has 0 rings (SSSR count). The number of hydrogen-bond donors (Lipinski definition) is 1. The Labute approximate surface area is 113 Å². The molecule has 0 aromatic carbocycles. The lowest BCUT2D eigenvalue weighted by molar-refractivity contribution is 0.123. The van der Waals surface area contributed by atoms with E-state index < -0.39 is 8.80 Å². The maximum atomic E-state index is 5.54. The largest absolute Gasteiger partial charge is 0.500 e. The molecule has 0 aliphatic heterocycles. The number of rotatable bonds is 11. The Balaban J connectivity index is 4.18. The van der Waals surface area contributed by atoms with Gasteiger partial charge in [0, 0.05) is 27.4 Å². The van der Waals surface area contributed by atoms with Crippen LogP contribution in [0, 0.1) is 0 Å². The fraction of sp³-hybridized carbons (Fsp3) is 0.846. The van der Waals surface area contributed by atoms with Crippen molar-refractivity contribution in [3.63, 3.8) is 0 Å². The predicted molar refractivity (Wildman–Crippen MR) is 77.5 cm³/mol. The minimum atomic E-state index is -2.39. The monoisotopic (exact) mass is 275 g/mol. The molecule has 0 fully saturated rings. The van der Waals surface area contributed by atoms with E-state index in [0.717, 1.165) is 38.3 Å². The van der Waals surface area contributed by atoms with Crippen molar-refractivity contribution in [3.05, 3.63) is 11.6 Å². The van der Waals surface area contributed by atoms with Crippen molar-refractivity contribution >= 4 is 8.80 Å². The Kier molecular flexibility index (Phi) is 10.6. The molecule has 0 atom stereocenters. The average molecular weight is 275 g/mol. The molecule has 0 aliphatic carbocycles. The van der Waals surface area contributed by atoms with Crippen LogP contribution in [0.1, 0.15) is 39.0 Å². The zero-order chi connectivity index (χ0) is 13.9. The van der Waals surface area contributed by atoms with Crippen molar-refractivity contribution in [2.24, 2.45) is 5.73 Å². The summed E-state index contributed by atoms with van der Waals surface area (Å²) in [7, 11) is 2.60. The molecule has 2 N–H and O–H groups in total. The van der Waals surface area contributed by atoms with E-state index in [1.54, 1.807) is 21.3 Å². The van der Waals surface area contributed by atoms with Crippen LogP contribution >= 0.6 is 0 Å². The molecular formula is C13H29NO3Si. The summed E-state index contributed by atoms with van der Waals surface area (Å²) < 4.78 is 16.2. The fourth-order valence-electron chi connectivity index (χ4n) is 2.03. The van der Waals surface area contributed by atoms with Crippen LogP contribution in [-0.4, -0.2) is 36.7 Å². The summed E-state index contributed by atoms with van der Waals surface area (Å²) in [6, 6.07) is 0.861. The van der Waals surface area contributed by atoms with Gasteiger partial charge >= 0.3 is 8.80 Å². The Morgan fingerprint density at radius 1 is 1.11 bits per heavy atom. The summed E-state index contributed by atoms with van der Waals surface area (Å²) in [4.78, 5) is 0. The van der Waals surface area contributed by atoms with Crippen molar-refractivity contribution < 1.29 is 13.3 Å². The van der Waals surface area contributed by atoms with Crippen molar-refractivity contribution in [2.45, 2.75) is 45.1 Å². The first-order valence-corrected chi connectivity index (χ1v) is 8.64. The maximum absolute atomic E-state index is 5.54. The van der Waals surface area contributed by atoms with Gasteiger partial charge in [0.05, 0.1) is 0 Å². The van der Waals surface area contributed by atoms with Crippen LogP contribution in [0.15, 0.2) is 11.6 Å². The van der Waals surface area contributed by atoms with Gasteiger partial charge in [0.2, 0.25) is 0 Å². The van der Waals surface area contributed by atoms with Crippen molar-refractivity contribution in [1.29, 1.82) is 0 Å². The van der Waals surface area contributed by atoms with Gasteiger partial charge in [0.25, 0.3) is 0 Å². The topological polar surface area (TPSA) is 53.7 Å². The van der Waals surface area contributed by atoms with Gasteiger partial charge < -0.3 is 19.0 Å². The SMILES string of the molecule is CCCC(=CCCN)CCC[Si](OC)(OC)OC. The molecule has 0 spiro atoms. The summed E-state index contributed by atoms with van der Waals surface area (Å²) in [5.74, 6) is 0. The molecule has 4 nitrogen and oxygen atoms in total. The molecule has 0 bridgehead atoms. The fourth-order valence-corrected chi connectivity index (χ4v) is 3.75. The molecular weight excluding hydrogens is 246 g/mol. The molecule has 0 aliphatic rings. The molecule has 108 valence electrons. The zero-order valence-electron chi connectivity index (χ0n) is 12.3. The highest BCUT2D eigenvalue weighted by atomic mass is 28.4. The third kappa shape index (κ3) is 6.66.